The monoisotopic (exact) mass is 791 g/mol. The summed E-state index contributed by atoms with van der Waals surface area (Å²) in [6, 6.07) is 79.4. The van der Waals surface area contributed by atoms with E-state index in [9.17, 15) is 0 Å². The Bertz CT molecular complexity index is 2970. The number of nitrogens with zero attached hydrogens (tertiary/aromatic N) is 3. The summed E-state index contributed by atoms with van der Waals surface area (Å²) in [5, 5.41) is 0. The highest BCUT2D eigenvalue weighted by molar-refractivity contribution is 5.93. The third kappa shape index (κ3) is 5.80. The molecule has 10 aromatic rings. The topological polar surface area (TPSA) is 47.9 Å². The van der Waals surface area contributed by atoms with Crippen molar-refractivity contribution in [1.82, 2.24) is 15.0 Å². The first-order valence-electron chi connectivity index (χ1n) is 21.0. The Morgan fingerprint density at radius 1 is 0.258 bits per heavy atom. The lowest BCUT2D eigenvalue weighted by Gasteiger charge is -2.39. The lowest BCUT2D eigenvalue weighted by molar-refractivity contribution is 0.436. The maximum atomic E-state index is 6.67. The molecule has 0 saturated heterocycles. The molecule has 0 amide bonds. The minimum atomic E-state index is -0.627. The van der Waals surface area contributed by atoms with Crippen molar-refractivity contribution < 1.29 is 4.74 Å². The normalized spacial score (nSPS) is 12.8. The molecule has 1 aromatic heterocycles. The molecule has 0 bridgehead atoms. The number of hydrogen-bond donors (Lipinski definition) is 0. The van der Waals surface area contributed by atoms with Gasteiger partial charge in [0, 0.05) is 27.8 Å². The van der Waals surface area contributed by atoms with Gasteiger partial charge in [-0.3, -0.25) is 0 Å². The van der Waals surface area contributed by atoms with Gasteiger partial charge in [0.2, 0.25) is 0 Å². The highest BCUT2D eigenvalue weighted by atomic mass is 16.5. The lowest BCUT2D eigenvalue weighted by atomic mass is 9.66. The first kappa shape index (κ1) is 35.7. The molecule has 0 saturated carbocycles. The van der Waals surface area contributed by atoms with Gasteiger partial charge in [-0.25, -0.2) is 15.0 Å². The fourth-order valence-corrected chi connectivity index (χ4v) is 9.55. The molecular weight excluding hydrogens is 755 g/mol. The van der Waals surface area contributed by atoms with Gasteiger partial charge < -0.3 is 4.74 Å². The summed E-state index contributed by atoms with van der Waals surface area (Å²) in [6.45, 7) is 0. The minimum absolute atomic E-state index is 0.620. The fraction of sp³-hybridized carbons (Fsp3) is 0.0172. The molecule has 4 heteroatoms. The number of ether oxygens (including phenoxy) is 1. The van der Waals surface area contributed by atoms with Crippen molar-refractivity contribution in [2.24, 2.45) is 0 Å². The van der Waals surface area contributed by atoms with Crippen molar-refractivity contribution in [2.45, 2.75) is 5.41 Å². The van der Waals surface area contributed by atoms with E-state index in [-0.39, 0.29) is 0 Å². The van der Waals surface area contributed by atoms with Crippen molar-refractivity contribution in [3.8, 4) is 90.2 Å². The van der Waals surface area contributed by atoms with Gasteiger partial charge in [-0.05, 0) is 98.1 Å². The first-order valence-corrected chi connectivity index (χ1v) is 21.0. The van der Waals surface area contributed by atoms with E-state index < -0.39 is 5.41 Å². The molecule has 4 nitrogen and oxygen atoms in total. The molecule has 0 unspecified atom stereocenters. The van der Waals surface area contributed by atoms with Crippen LogP contribution in [0.2, 0.25) is 0 Å². The molecular formula is C58H37N3O. The van der Waals surface area contributed by atoms with Gasteiger partial charge in [-0.15, -0.1) is 0 Å². The van der Waals surface area contributed by atoms with Gasteiger partial charge in [0.05, 0.1) is 5.41 Å². The van der Waals surface area contributed by atoms with Crippen LogP contribution < -0.4 is 4.74 Å². The molecule has 1 spiro atoms. The molecule has 2 aliphatic rings. The van der Waals surface area contributed by atoms with Crippen LogP contribution in [0, 0.1) is 0 Å². The molecule has 62 heavy (non-hydrogen) atoms. The van der Waals surface area contributed by atoms with Crippen LogP contribution in [0.1, 0.15) is 22.3 Å². The Morgan fingerprint density at radius 3 is 1.08 bits per heavy atom. The average Bonchev–Trinajstić information content (AvgIpc) is 3.64. The van der Waals surface area contributed by atoms with Gasteiger partial charge in [0.25, 0.3) is 0 Å². The second-order valence-electron chi connectivity index (χ2n) is 15.9. The predicted octanol–water partition coefficient (Wildman–Crippen LogP) is 14.3. The molecule has 12 rings (SSSR count). The van der Waals surface area contributed by atoms with Crippen LogP contribution >= 0.6 is 0 Å². The summed E-state index contributed by atoms with van der Waals surface area (Å²) in [7, 11) is 0. The Morgan fingerprint density at radius 2 is 0.613 bits per heavy atom. The largest absolute Gasteiger partial charge is 0.457 e. The molecule has 0 N–H and O–H groups in total. The number of fused-ring (bicyclic) bond motifs is 9. The maximum Gasteiger partial charge on any atom is 0.164 e. The van der Waals surface area contributed by atoms with Crippen molar-refractivity contribution in [2.75, 3.05) is 0 Å². The van der Waals surface area contributed by atoms with Gasteiger partial charge >= 0.3 is 0 Å². The Hall–Kier alpha value is -8.21. The van der Waals surface area contributed by atoms with Crippen LogP contribution in [0.3, 0.4) is 0 Å². The van der Waals surface area contributed by atoms with E-state index >= 15 is 0 Å². The minimum Gasteiger partial charge on any atom is -0.457 e. The number of aromatic nitrogens is 3. The van der Waals surface area contributed by atoms with E-state index in [1.807, 2.05) is 60.7 Å². The van der Waals surface area contributed by atoms with Crippen molar-refractivity contribution in [3.05, 3.63) is 247 Å². The molecule has 290 valence electrons. The second-order valence-corrected chi connectivity index (χ2v) is 15.9. The molecule has 0 radical (unpaired) electrons. The zero-order valence-electron chi connectivity index (χ0n) is 33.6. The van der Waals surface area contributed by atoms with Crippen molar-refractivity contribution in [3.63, 3.8) is 0 Å². The summed E-state index contributed by atoms with van der Waals surface area (Å²) in [6.07, 6.45) is 0. The van der Waals surface area contributed by atoms with Crippen LogP contribution in [0.4, 0.5) is 0 Å². The van der Waals surface area contributed by atoms with E-state index in [0.29, 0.717) is 17.5 Å². The van der Waals surface area contributed by atoms with E-state index in [2.05, 4.69) is 164 Å². The first-order chi connectivity index (χ1) is 30.7. The van der Waals surface area contributed by atoms with Crippen molar-refractivity contribution >= 4 is 0 Å². The summed E-state index contributed by atoms with van der Waals surface area (Å²) in [5.41, 5.74) is 16.1. The molecule has 0 fully saturated rings. The lowest BCUT2D eigenvalue weighted by Crippen LogP contribution is -2.32. The van der Waals surface area contributed by atoms with Gasteiger partial charge in [0.1, 0.15) is 11.5 Å². The Labute approximate surface area is 360 Å². The summed E-state index contributed by atoms with van der Waals surface area (Å²) >= 11 is 0. The summed E-state index contributed by atoms with van der Waals surface area (Å²) < 4.78 is 6.67. The van der Waals surface area contributed by atoms with Crippen LogP contribution in [0.25, 0.3) is 78.7 Å². The molecule has 1 aliphatic carbocycles. The summed E-state index contributed by atoms with van der Waals surface area (Å²) in [5.74, 6) is 3.61. The molecule has 1 aliphatic heterocycles. The summed E-state index contributed by atoms with van der Waals surface area (Å²) in [4.78, 5) is 15.3. The quantitative estimate of drug-likeness (QED) is 0.168. The third-order valence-electron chi connectivity index (χ3n) is 12.4. The van der Waals surface area contributed by atoms with Gasteiger partial charge in [0.15, 0.2) is 17.5 Å². The zero-order chi connectivity index (χ0) is 41.0. The molecule has 0 atom stereocenters. The average molecular weight is 792 g/mol. The number of rotatable bonds is 6. The van der Waals surface area contributed by atoms with Gasteiger partial charge in [-0.2, -0.15) is 0 Å². The van der Waals surface area contributed by atoms with Crippen LogP contribution in [0.15, 0.2) is 224 Å². The standard InChI is InChI=1S/C58H37N3O/c1-5-17-38(18-6-1)44-33-45(39-19-7-2-8-20-39)35-46(34-44)42-29-31-49-47(36-42)48-37-43(57-60-55(40-21-9-3-10-22-40)59-56(61-57)41-23-11-4-12-24-41)30-32-50(48)58(49)51-25-13-15-27-53(51)62-54-28-16-14-26-52(54)58/h1-37H. The Balaban J connectivity index is 1.11. The fourth-order valence-electron chi connectivity index (χ4n) is 9.55. The second kappa shape index (κ2) is 14.5. The van der Waals surface area contributed by atoms with Gasteiger partial charge in [-0.1, -0.05) is 182 Å². The predicted molar refractivity (Wildman–Crippen MR) is 250 cm³/mol. The highest BCUT2D eigenvalue weighted by Gasteiger charge is 2.51. The smallest absolute Gasteiger partial charge is 0.164 e. The third-order valence-corrected chi connectivity index (χ3v) is 12.4. The number of hydrogen-bond acceptors (Lipinski definition) is 4. The SMILES string of the molecule is c1ccc(-c2cc(-c3ccccc3)cc(-c3ccc4c(c3)-c3cc(-c5nc(-c6ccccc6)nc(-c6ccccc6)n5)ccc3C43c4ccccc4Oc4ccccc43)c2)cc1. The van der Waals surface area contributed by atoms with Crippen LogP contribution in [-0.2, 0) is 5.41 Å². The van der Waals surface area contributed by atoms with E-state index in [0.717, 1.165) is 61.6 Å². The molecule has 9 aromatic carbocycles. The van der Waals surface area contributed by atoms with E-state index in [4.69, 9.17) is 19.7 Å². The number of para-hydroxylation sites is 2. The highest BCUT2D eigenvalue weighted by Crippen LogP contribution is 2.62. The zero-order valence-corrected chi connectivity index (χ0v) is 33.6. The van der Waals surface area contributed by atoms with E-state index in [1.54, 1.807) is 0 Å². The van der Waals surface area contributed by atoms with Crippen molar-refractivity contribution in [1.29, 1.82) is 0 Å². The molecule has 2 heterocycles. The Kier molecular flexibility index (Phi) is 8.36. The van der Waals surface area contributed by atoms with Crippen LogP contribution in [0.5, 0.6) is 11.5 Å². The number of benzene rings is 9. The van der Waals surface area contributed by atoms with Crippen LogP contribution in [-0.4, -0.2) is 15.0 Å². The van der Waals surface area contributed by atoms with E-state index in [1.165, 1.54) is 33.4 Å². The maximum absolute atomic E-state index is 6.67.